The Bertz CT molecular complexity index is 66.0. The van der Waals surface area contributed by atoms with E-state index < -0.39 is 0 Å². The van der Waals surface area contributed by atoms with Crippen molar-refractivity contribution in [3.8, 4) is 0 Å². The van der Waals surface area contributed by atoms with Crippen molar-refractivity contribution in [2.24, 2.45) is 5.73 Å². The van der Waals surface area contributed by atoms with Gasteiger partial charge in [0, 0.05) is 11.1 Å². The highest BCUT2D eigenvalue weighted by Crippen LogP contribution is 1.97. The van der Waals surface area contributed by atoms with Gasteiger partial charge in [-0.05, 0) is 0 Å². The molecule has 42 valence electrons. The van der Waals surface area contributed by atoms with E-state index in [0.29, 0.717) is 0 Å². The molecule has 0 heterocycles. The van der Waals surface area contributed by atoms with Crippen LogP contribution >= 0.6 is 27.7 Å². The number of nitrogens with two attached hydrogens (primary N) is 1. The molecule has 0 rings (SSSR count). The molecule has 0 aromatic carbocycles. The minimum absolute atomic E-state index is 0.194. The number of halogens is 1. The summed E-state index contributed by atoms with van der Waals surface area (Å²) in [6, 6.07) is 0. The van der Waals surface area contributed by atoms with Gasteiger partial charge in [-0.25, -0.2) is 0 Å². The second-order valence-electron chi connectivity index (χ2n) is 0.902. The Morgan fingerprint density at radius 3 is 2.57 bits per heavy atom. The summed E-state index contributed by atoms with van der Waals surface area (Å²) in [7, 11) is 0. The molecular weight excluding hydrogens is 176 g/mol. The van der Waals surface area contributed by atoms with E-state index >= 15 is 0 Å². The van der Waals surface area contributed by atoms with E-state index in [2.05, 4.69) is 15.9 Å². The molecule has 0 fully saturated rings. The zero-order valence-corrected chi connectivity index (χ0v) is 6.18. The van der Waals surface area contributed by atoms with E-state index in [1.807, 2.05) is 0 Å². The molecule has 0 atom stereocenters. The smallest absolute Gasteiger partial charge is 0.151 e. The lowest BCUT2D eigenvalue weighted by atomic mass is 11.0. The summed E-state index contributed by atoms with van der Waals surface area (Å²) < 4.78 is 0. The number of amidine groups is 1. The molecule has 0 radical (unpaired) electrons. The molecular formula is C3H7BrN2S. The fourth-order valence-corrected chi connectivity index (χ4v) is 0.931. The first-order chi connectivity index (χ1) is 3.27. The SMILES string of the molecule is N=C(N)SCCBr. The molecule has 0 saturated heterocycles. The monoisotopic (exact) mass is 182 g/mol. The van der Waals surface area contributed by atoms with Crippen LogP contribution in [0.1, 0.15) is 0 Å². The highest BCUT2D eigenvalue weighted by atomic mass is 79.9. The first-order valence-electron chi connectivity index (χ1n) is 1.80. The van der Waals surface area contributed by atoms with Crippen LogP contribution in [0, 0.1) is 5.41 Å². The average Bonchev–Trinajstić information content (AvgIpc) is 1.61. The second-order valence-corrected chi connectivity index (χ2v) is 2.83. The molecule has 4 heteroatoms. The summed E-state index contributed by atoms with van der Waals surface area (Å²) >= 11 is 4.55. The van der Waals surface area contributed by atoms with Crippen LogP contribution in [-0.2, 0) is 0 Å². The van der Waals surface area contributed by atoms with Crippen LogP contribution in [0.5, 0.6) is 0 Å². The molecule has 2 nitrogen and oxygen atoms in total. The van der Waals surface area contributed by atoms with Crippen LogP contribution in [0.15, 0.2) is 0 Å². The van der Waals surface area contributed by atoms with E-state index in [1.54, 1.807) is 0 Å². The standard InChI is InChI=1S/C3H7BrN2S/c4-1-2-7-3(5)6/h1-2H2,(H3,5,6). The number of nitrogens with one attached hydrogen (secondary N) is 1. The van der Waals surface area contributed by atoms with Gasteiger partial charge in [0.1, 0.15) is 0 Å². The number of thioether (sulfide) groups is 1. The lowest BCUT2D eigenvalue weighted by molar-refractivity contribution is 1.50. The number of hydrogen-bond acceptors (Lipinski definition) is 2. The predicted molar refractivity (Wildman–Crippen MR) is 38.2 cm³/mol. The second kappa shape index (κ2) is 4.46. The zero-order valence-electron chi connectivity index (χ0n) is 3.78. The predicted octanol–water partition coefficient (Wildman–Crippen LogP) is 1.01. The third-order valence-corrected chi connectivity index (χ3v) is 1.98. The maximum absolute atomic E-state index is 6.72. The molecule has 0 aliphatic rings. The molecule has 0 saturated carbocycles. The lowest BCUT2D eigenvalue weighted by Crippen LogP contribution is -2.04. The van der Waals surface area contributed by atoms with Crippen molar-refractivity contribution in [3.63, 3.8) is 0 Å². The van der Waals surface area contributed by atoms with Crippen molar-refractivity contribution >= 4 is 32.9 Å². The van der Waals surface area contributed by atoms with Gasteiger partial charge >= 0.3 is 0 Å². The van der Waals surface area contributed by atoms with Crippen LogP contribution in [0.4, 0.5) is 0 Å². The number of rotatable bonds is 2. The maximum Gasteiger partial charge on any atom is 0.151 e. The summed E-state index contributed by atoms with van der Waals surface area (Å²) in [6.07, 6.45) is 0. The van der Waals surface area contributed by atoms with E-state index in [4.69, 9.17) is 11.1 Å². The number of hydrogen-bond donors (Lipinski definition) is 2. The van der Waals surface area contributed by atoms with E-state index in [1.165, 1.54) is 11.8 Å². The lowest BCUT2D eigenvalue weighted by Gasteiger charge is -1.89. The molecule has 0 bridgehead atoms. The van der Waals surface area contributed by atoms with Gasteiger partial charge < -0.3 is 5.73 Å². The van der Waals surface area contributed by atoms with E-state index in [9.17, 15) is 0 Å². The molecule has 0 amide bonds. The highest BCUT2D eigenvalue weighted by molar-refractivity contribution is 9.09. The quantitative estimate of drug-likeness (QED) is 0.381. The van der Waals surface area contributed by atoms with Crippen LogP contribution < -0.4 is 5.73 Å². The average molecular weight is 183 g/mol. The largest absolute Gasteiger partial charge is 0.379 e. The van der Waals surface area contributed by atoms with Gasteiger partial charge in [-0.2, -0.15) is 0 Å². The van der Waals surface area contributed by atoms with Crippen LogP contribution in [0.2, 0.25) is 0 Å². The number of alkyl halides is 1. The van der Waals surface area contributed by atoms with Gasteiger partial charge in [0.15, 0.2) is 5.17 Å². The Morgan fingerprint density at radius 1 is 1.86 bits per heavy atom. The first kappa shape index (κ1) is 7.30. The summed E-state index contributed by atoms with van der Waals surface area (Å²) in [4.78, 5) is 0. The maximum atomic E-state index is 6.72. The third kappa shape index (κ3) is 6.30. The van der Waals surface area contributed by atoms with Gasteiger partial charge in [-0.3, -0.25) is 5.41 Å². The Balaban J connectivity index is 2.82. The van der Waals surface area contributed by atoms with Crippen molar-refractivity contribution in [3.05, 3.63) is 0 Å². The van der Waals surface area contributed by atoms with Crippen molar-refractivity contribution in [2.45, 2.75) is 0 Å². The minimum atomic E-state index is 0.194. The topological polar surface area (TPSA) is 49.9 Å². The first-order valence-corrected chi connectivity index (χ1v) is 3.91. The van der Waals surface area contributed by atoms with Crippen LogP contribution in [0.25, 0.3) is 0 Å². The molecule has 3 N–H and O–H groups in total. The van der Waals surface area contributed by atoms with Gasteiger partial charge in [0.05, 0.1) is 0 Å². The summed E-state index contributed by atoms with van der Waals surface area (Å²) in [5, 5.41) is 7.81. The van der Waals surface area contributed by atoms with Gasteiger partial charge in [0.25, 0.3) is 0 Å². The summed E-state index contributed by atoms with van der Waals surface area (Å²) in [6.45, 7) is 0. The van der Waals surface area contributed by atoms with Gasteiger partial charge in [-0.15, -0.1) is 0 Å². The molecule has 0 aliphatic carbocycles. The van der Waals surface area contributed by atoms with Gasteiger partial charge in [0.2, 0.25) is 0 Å². The molecule has 7 heavy (non-hydrogen) atoms. The summed E-state index contributed by atoms with van der Waals surface area (Å²) in [5.41, 5.74) is 5.00. The Labute approximate surface area is 55.5 Å². The van der Waals surface area contributed by atoms with Crippen molar-refractivity contribution in [1.29, 1.82) is 5.41 Å². The Hall–Kier alpha value is 0.300. The van der Waals surface area contributed by atoms with Gasteiger partial charge in [-0.1, -0.05) is 27.7 Å². The molecule has 0 spiro atoms. The fraction of sp³-hybridized carbons (Fsp3) is 0.667. The third-order valence-electron chi connectivity index (χ3n) is 0.335. The minimum Gasteiger partial charge on any atom is -0.379 e. The zero-order chi connectivity index (χ0) is 5.70. The van der Waals surface area contributed by atoms with E-state index in [0.717, 1.165) is 11.1 Å². The molecule has 0 unspecified atom stereocenters. The molecule has 0 aromatic heterocycles. The van der Waals surface area contributed by atoms with Crippen molar-refractivity contribution in [1.82, 2.24) is 0 Å². The highest BCUT2D eigenvalue weighted by Gasteiger charge is 1.84. The van der Waals surface area contributed by atoms with Crippen molar-refractivity contribution in [2.75, 3.05) is 11.1 Å². The van der Waals surface area contributed by atoms with Crippen LogP contribution in [0.3, 0.4) is 0 Å². The normalized spacial score (nSPS) is 8.71. The van der Waals surface area contributed by atoms with E-state index in [-0.39, 0.29) is 5.17 Å². The molecule has 0 aromatic rings. The van der Waals surface area contributed by atoms with Crippen LogP contribution in [-0.4, -0.2) is 16.3 Å². The van der Waals surface area contributed by atoms with Crippen molar-refractivity contribution < 1.29 is 0 Å². The fourth-order valence-electron chi connectivity index (χ4n) is 0.149. The summed E-state index contributed by atoms with van der Waals surface area (Å²) in [5.74, 6) is 0.884. The Kier molecular flexibility index (Phi) is 4.65. The molecule has 0 aliphatic heterocycles. The Morgan fingerprint density at radius 2 is 2.43 bits per heavy atom.